The molecule has 0 aromatic heterocycles. The zero-order valence-corrected chi connectivity index (χ0v) is 7.65. The molecule has 2 aliphatic heterocycles. The quantitative estimate of drug-likeness (QED) is 0.583. The molecular formula is C10H16FN. The number of halogens is 1. The van der Waals surface area contributed by atoms with Gasteiger partial charge in [0.15, 0.2) is 0 Å². The van der Waals surface area contributed by atoms with E-state index in [-0.39, 0.29) is 0 Å². The molecule has 0 saturated carbocycles. The molecule has 0 aromatic rings. The van der Waals surface area contributed by atoms with Crippen LogP contribution in [0.25, 0.3) is 0 Å². The van der Waals surface area contributed by atoms with Gasteiger partial charge < -0.3 is 0 Å². The lowest BCUT2D eigenvalue weighted by Crippen LogP contribution is -2.37. The van der Waals surface area contributed by atoms with E-state index in [4.69, 9.17) is 0 Å². The summed E-state index contributed by atoms with van der Waals surface area (Å²) in [4.78, 5) is 2.46. The van der Waals surface area contributed by atoms with Crippen LogP contribution in [0.15, 0.2) is 11.9 Å². The lowest BCUT2D eigenvalue weighted by atomic mass is 9.90. The van der Waals surface area contributed by atoms with Crippen LogP contribution in [0.3, 0.4) is 0 Å². The molecule has 1 nitrogen and oxygen atoms in total. The minimum absolute atomic E-state index is 0.345. The summed E-state index contributed by atoms with van der Waals surface area (Å²) in [5.41, 5.74) is 1.34. The van der Waals surface area contributed by atoms with Crippen LogP contribution < -0.4 is 0 Å². The molecule has 2 aliphatic rings. The van der Waals surface area contributed by atoms with Crippen molar-refractivity contribution in [2.75, 3.05) is 13.1 Å². The maximum Gasteiger partial charge on any atom is 0.0872 e. The van der Waals surface area contributed by atoms with E-state index in [1.165, 1.54) is 25.8 Å². The van der Waals surface area contributed by atoms with Crippen LogP contribution in [0.4, 0.5) is 4.39 Å². The van der Waals surface area contributed by atoms with Crippen molar-refractivity contribution in [1.29, 1.82) is 0 Å². The van der Waals surface area contributed by atoms with E-state index < -0.39 is 0 Å². The molecule has 0 radical (unpaired) electrons. The predicted octanol–water partition coefficient (Wildman–Crippen LogP) is 2.49. The number of nitrogens with zero attached hydrogens (tertiary/aromatic N) is 1. The van der Waals surface area contributed by atoms with Crippen molar-refractivity contribution in [3.8, 4) is 0 Å². The average Bonchev–Trinajstić information content (AvgIpc) is 2.58. The predicted molar refractivity (Wildman–Crippen MR) is 47.6 cm³/mol. The van der Waals surface area contributed by atoms with Crippen molar-refractivity contribution in [3.63, 3.8) is 0 Å². The highest BCUT2D eigenvalue weighted by Crippen LogP contribution is 2.43. The molecular weight excluding hydrogens is 153 g/mol. The molecule has 1 atom stereocenters. The van der Waals surface area contributed by atoms with Gasteiger partial charge in [-0.25, -0.2) is 4.39 Å². The summed E-state index contributed by atoms with van der Waals surface area (Å²) < 4.78 is 12.3. The molecule has 0 bridgehead atoms. The second-order valence-corrected chi connectivity index (χ2v) is 4.05. The molecule has 0 amide bonds. The fraction of sp³-hybridized carbons (Fsp3) is 0.800. The Kier molecular flexibility index (Phi) is 1.95. The van der Waals surface area contributed by atoms with Crippen molar-refractivity contribution in [2.24, 2.45) is 0 Å². The summed E-state index contributed by atoms with van der Waals surface area (Å²) in [6.45, 7) is 4.27. The van der Waals surface area contributed by atoms with Crippen molar-refractivity contribution >= 4 is 0 Å². The smallest absolute Gasteiger partial charge is 0.0872 e. The van der Waals surface area contributed by atoms with Gasteiger partial charge in [-0.2, -0.15) is 0 Å². The maximum absolute atomic E-state index is 12.3. The van der Waals surface area contributed by atoms with Crippen LogP contribution in [0.1, 0.15) is 32.6 Å². The summed E-state index contributed by atoms with van der Waals surface area (Å²) >= 11 is 0. The van der Waals surface area contributed by atoms with Crippen molar-refractivity contribution in [2.45, 2.75) is 38.1 Å². The Morgan fingerprint density at radius 1 is 1.67 bits per heavy atom. The maximum atomic E-state index is 12.3. The molecule has 68 valence electrons. The Morgan fingerprint density at radius 3 is 3.08 bits per heavy atom. The molecule has 2 heterocycles. The molecule has 2 heteroatoms. The molecule has 2 rings (SSSR count). The van der Waals surface area contributed by atoms with Gasteiger partial charge in [0.05, 0.1) is 6.33 Å². The van der Waals surface area contributed by atoms with E-state index in [0.717, 1.165) is 24.9 Å². The van der Waals surface area contributed by atoms with Gasteiger partial charge >= 0.3 is 0 Å². The van der Waals surface area contributed by atoms with Gasteiger partial charge in [0, 0.05) is 12.1 Å². The fourth-order valence-corrected chi connectivity index (χ4v) is 2.76. The first-order chi connectivity index (χ1) is 5.80. The van der Waals surface area contributed by atoms with E-state index >= 15 is 0 Å². The normalized spacial score (nSPS) is 39.3. The summed E-state index contributed by atoms with van der Waals surface area (Å²) in [6.07, 6.45) is 5.52. The zero-order valence-electron chi connectivity index (χ0n) is 7.65. The Morgan fingerprint density at radius 2 is 2.50 bits per heavy atom. The van der Waals surface area contributed by atoms with Gasteiger partial charge in [0.2, 0.25) is 0 Å². The Labute approximate surface area is 73.2 Å². The third-order valence-electron chi connectivity index (χ3n) is 3.50. The number of fused-ring (bicyclic) bond motifs is 1. The molecule has 0 spiro atoms. The highest BCUT2D eigenvalue weighted by Gasteiger charge is 2.44. The van der Waals surface area contributed by atoms with Crippen molar-refractivity contribution < 1.29 is 4.39 Å². The van der Waals surface area contributed by atoms with Crippen LogP contribution in [0.5, 0.6) is 0 Å². The van der Waals surface area contributed by atoms with Crippen molar-refractivity contribution in [1.82, 2.24) is 4.90 Å². The second-order valence-electron chi connectivity index (χ2n) is 4.05. The molecule has 0 aromatic carbocycles. The standard InChI is InChI=1S/C10H16FN/c1-2-10-4-3-5-12(10)8-9(6-10)7-11/h7H,2-6,8H2,1H3/b9-7-/t10-/m0/s1. The molecule has 0 N–H and O–H groups in total. The van der Waals surface area contributed by atoms with Crippen LogP contribution >= 0.6 is 0 Å². The summed E-state index contributed by atoms with van der Waals surface area (Å²) in [6, 6.07) is 0. The second kappa shape index (κ2) is 2.84. The highest BCUT2D eigenvalue weighted by molar-refractivity contribution is 5.18. The lowest BCUT2D eigenvalue weighted by molar-refractivity contribution is 0.189. The largest absolute Gasteiger partial charge is 0.293 e. The van der Waals surface area contributed by atoms with E-state index in [0.29, 0.717) is 5.54 Å². The Bertz CT molecular complexity index is 212. The molecule has 0 aliphatic carbocycles. The SMILES string of the molecule is CC[C@@]12CCCN1C/C(=C\F)C2. The molecule has 2 fully saturated rings. The minimum atomic E-state index is 0.345. The van der Waals surface area contributed by atoms with Crippen LogP contribution in [0, 0.1) is 0 Å². The molecule has 2 saturated heterocycles. The minimum Gasteiger partial charge on any atom is -0.293 e. The number of hydrogen-bond acceptors (Lipinski definition) is 1. The fourth-order valence-electron chi connectivity index (χ4n) is 2.76. The van der Waals surface area contributed by atoms with Crippen LogP contribution in [-0.4, -0.2) is 23.5 Å². The van der Waals surface area contributed by atoms with Gasteiger partial charge in [0.25, 0.3) is 0 Å². The van der Waals surface area contributed by atoms with E-state index in [9.17, 15) is 4.39 Å². The third kappa shape index (κ3) is 1.01. The van der Waals surface area contributed by atoms with E-state index in [1.54, 1.807) is 0 Å². The third-order valence-corrected chi connectivity index (χ3v) is 3.50. The monoisotopic (exact) mass is 169 g/mol. The van der Waals surface area contributed by atoms with Gasteiger partial charge in [-0.1, -0.05) is 6.92 Å². The highest BCUT2D eigenvalue weighted by atomic mass is 19.1. The first-order valence-electron chi connectivity index (χ1n) is 4.84. The Hall–Kier alpha value is -0.370. The molecule has 12 heavy (non-hydrogen) atoms. The van der Waals surface area contributed by atoms with Gasteiger partial charge in [-0.15, -0.1) is 0 Å². The summed E-state index contributed by atoms with van der Waals surface area (Å²) in [7, 11) is 0. The van der Waals surface area contributed by atoms with Gasteiger partial charge in [-0.05, 0) is 37.8 Å². The number of rotatable bonds is 1. The Balaban J connectivity index is 2.20. The summed E-state index contributed by atoms with van der Waals surface area (Å²) in [5.74, 6) is 0. The average molecular weight is 169 g/mol. The van der Waals surface area contributed by atoms with E-state index in [1.807, 2.05) is 0 Å². The van der Waals surface area contributed by atoms with Gasteiger partial charge in [-0.3, -0.25) is 4.90 Å². The first-order valence-corrected chi connectivity index (χ1v) is 4.84. The van der Waals surface area contributed by atoms with Crippen molar-refractivity contribution in [3.05, 3.63) is 11.9 Å². The van der Waals surface area contributed by atoms with Gasteiger partial charge in [0.1, 0.15) is 0 Å². The van der Waals surface area contributed by atoms with E-state index in [2.05, 4.69) is 11.8 Å². The topological polar surface area (TPSA) is 3.24 Å². The number of hydrogen-bond donors (Lipinski definition) is 0. The lowest BCUT2D eigenvalue weighted by Gasteiger charge is -2.29. The van der Waals surface area contributed by atoms with Crippen LogP contribution in [0.2, 0.25) is 0 Å². The molecule has 0 unspecified atom stereocenters. The zero-order chi connectivity index (χ0) is 8.60. The first kappa shape index (κ1) is 8.24. The van der Waals surface area contributed by atoms with Crippen LogP contribution in [-0.2, 0) is 0 Å². The summed E-state index contributed by atoms with van der Waals surface area (Å²) in [5, 5.41) is 0.